The van der Waals surface area contributed by atoms with Gasteiger partial charge in [-0.3, -0.25) is 19.3 Å². The van der Waals surface area contributed by atoms with Crippen LogP contribution >= 0.6 is 22.7 Å². The molecule has 0 bridgehead atoms. The summed E-state index contributed by atoms with van der Waals surface area (Å²) in [6.45, 7) is 6.72. The van der Waals surface area contributed by atoms with E-state index in [9.17, 15) is 14.4 Å². The minimum absolute atomic E-state index is 0.128. The molecule has 1 aromatic carbocycles. The molecule has 1 saturated heterocycles. The zero-order chi connectivity index (χ0) is 23.1. The number of carbonyl (C=O) groups excluding carboxylic acids is 3. The summed E-state index contributed by atoms with van der Waals surface area (Å²) in [6, 6.07) is 8.85. The standard InChI is InChI=1S/C23H23N5O3S2/c1-14(2)13-28-21(30)16-6-5-15(12-17(16)22(28)31)20(29)26-7-9-27(10-8-26)23-25-24-19(33-23)18-4-3-11-32-18/h3-6,11-12,14H,7-10,13H2,1-2H3. The van der Waals surface area contributed by atoms with Gasteiger partial charge in [-0.15, -0.1) is 21.5 Å². The number of imide groups is 1. The van der Waals surface area contributed by atoms with E-state index in [1.165, 1.54) is 4.90 Å². The molecule has 0 radical (unpaired) electrons. The smallest absolute Gasteiger partial charge is 0.261 e. The molecule has 1 fully saturated rings. The predicted molar refractivity (Wildman–Crippen MR) is 128 cm³/mol. The summed E-state index contributed by atoms with van der Waals surface area (Å²) in [5, 5.41) is 12.4. The van der Waals surface area contributed by atoms with Crippen LogP contribution in [0.5, 0.6) is 0 Å². The number of benzene rings is 1. The molecule has 0 aliphatic carbocycles. The van der Waals surface area contributed by atoms with Crippen LogP contribution in [0.25, 0.3) is 9.88 Å². The van der Waals surface area contributed by atoms with Crippen molar-refractivity contribution < 1.29 is 14.4 Å². The third-order valence-corrected chi connectivity index (χ3v) is 7.77. The number of aromatic nitrogens is 2. The average molecular weight is 482 g/mol. The van der Waals surface area contributed by atoms with Crippen LogP contribution in [0.4, 0.5) is 5.13 Å². The van der Waals surface area contributed by atoms with Crippen molar-refractivity contribution in [3.05, 3.63) is 52.4 Å². The Morgan fingerprint density at radius 2 is 1.79 bits per heavy atom. The number of hydrogen-bond acceptors (Lipinski definition) is 8. The SMILES string of the molecule is CC(C)CN1C(=O)c2ccc(C(=O)N3CCN(c4nnc(-c5cccs5)s4)CC3)cc2C1=O. The summed E-state index contributed by atoms with van der Waals surface area (Å²) in [4.78, 5) is 44.7. The van der Waals surface area contributed by atoms with Gasteiger partial charge in [0.05, 0.1) is 16.0 Å². The highest BCUT2D eigenvalue weighted by Crippen LogP contribution is 2.32. The first kappa shape index (κ1) is 21.7. The molecule has 2 aliphatic heterocycles. The number of anilines is 1. The molecule has 170 valence electrons. The summed E-state index contributed by atoms with van der Waals surface area (Å²) >= 11 is 3.20. The third kappa shape index (κ3) is 4.04. The monoisotopic (exact) mass is 481 g/mol. The lowest BCUT2D eigenvalue weighted by Crippen LogP contribution is -2.48. The normalized spacial score (nSPS) is 16.2. The molecule has 2 aliphatic rings. The zero-order valence-electron chi connectivity index (χ0n) is 18.4. The number of nitrogens with zero attached hydrogens (tertiary/aromatic N) is 5. The third-order valence-electron chi connectivity index (χ3n) is 5.75. The highest BCUT2D eigenvalue weighted by molar-refractivity contribution is 7.22. The molecule has 4 heterocycles. The molecule has 2 aromatic heterocycles. The topological polar surface area (TPSA) is 86.7 Å². The van der Waals surface area contributed by atoms with Gasteiger partial charge in [-0.05, 0) is 35.6 Å². The van der Waals surface area contributed by atoms with Gasteiger partial charge < -0.3 is 9.80 Å². The first-order valence-corrected chi connectivity index (χ1v) is 12.5. The maximum atomic E-state index is 13.1. The van der Waals surface area contributed by atoms with Crippen LogP contribution in [0.2, 0.25) is 0 Å². The molecule has 0 saturated carbocycles. The van der Waals surface area contributed by atoms with E-state index in [0.29, 0.717) is 49.4 Å². The van der Waals surface area contributed by atoms with Gasteiger partial charge in [0.15, 0.2) is 5.01 Å². The summed E-state index contributed by atoms with van der Waals surface area (Å²) in [7, 11) is 0. The Balaban J connectivity index is 1.25. The number of rotatable bonds is 5. The van der Waals surface area contributed by atoms with Crippen molar-refractivity contribution in [3.8, 4) is 9.88 Å². The van der Waals surface area contributed by atoms with Crippen molar-refractivity contribution in [2.45, 2.75) is 13.8 Å². The van der Waals surface area contributed by atoms with Crippen LogP contribution in [0.1, 0.15) is 44.9 Å². The van der Waals surface area contributed by atoms with Gasteiger partial charge >= 0.3 is 0 Å². The quantitative estimate of drug-likeness (QED) is 0.519. The molecule has 8 nitrogen and oxygen atoms in total. The Hall–Kier alpha value is -3.11. The van der Waals surface area contributed by atoms with Gasteiger partial charge in [0.25, 0.3) is 17.7 Å². The van der Waals surface area contributed by atoms with E-state index >= 15 is 0 Å². The van der Waals surface area contributed by atoms with Gasteiger partial charge in [0.1, 0.15) is 0 Å². The van der Waals surface area contributed by atoms with Crippen molar-refractivity contribution >= 4 is 45.5 Å². The van der Waals surface area contributed by atoms with Crippen molar-refractivity contribution in [1.82, 2.24) is 20.0 Å². The Bertz CT molecular complexity index is 1210. The first-order valence-electron chi connectivity index (χ1n) is 10.8. The highest BCUT2D eigenvalue weighted by Gasteiger charge is 2.36. The lowest BCUT2D eigenvalue weighted by Gasteiger charge is -2.34. The second-order valence-electron chi connectivity index (χ2n) is 8.52. The van der Waals surface area contributed by atoms with E-state index in [0.717, 1.165) is 15.0 Å². The van der Waals surface area contributed by atoms with Crippen LogP contribution < -0.4 is 4.90 Å². The Labute approximate surface area is 199 Å². The molecule has 0 N–H and O–H groups in total. The molecule has 0 spiro atoms. The number of piperazine rings is 1. The van der Waals surface area contributed by atoms with E-state index in [1.807, 2.05) is 31.4 Å². The maximum absolute atomic E-state index is 13.1. The van der Waals surface area contributed by atoms with Crippen molar-refractivity contribution in [2.75, 3.05) is 37.6 Å². The molecule has 3 aromatic rings. The molecular formula is C23H23N5O3S2. The van der Waals surface area contributed by atoms with E-state index in [4.69, 9.17) is 0 Å². The van der Waals surface area contributed by atoms with E-state index in [2.05, 4.69) is 15.1 Å². The summed E-state index contributed by atoms with van der Waals surface area (Å²) in [6.07, 6.45) is 0. The summed E-state index contributed by atoms with van der Waals surface area (Å²) in [5.41, 5.74) is 1.13. The molecule has 0 atom stereocenters. The largest absolute Gasteiger partial charge is 0.343 e. The Morgan fingerprint density at radius 1 is 1.03 bits per heavy atom. The van der Waals surface area contributed by atoms with Crippen molar-refractivity contribution in [2.24, 2.45) is 5.92 Å². The second kappa shape index (κ2) is 8.68. The van der Waals surface area contributed by atoms with Crippen molar-refractivity contribution in [1.29, 1.82) is 0 Å². The van der Waals surface area contributed by atoms with Crippen molar-refractivity contribution in [3.63, 3.8) is 0 Å². The predicted octanol–water partition coefficient (Wildman–Crippen LogP) is 3.48. The Kier molecular flexibility index (Phi) is 5.71. The van der Waals surface area contributed by atoms with E-state index < -0.39 is 0 Å². The number of fused-ring (bicyclic) bond motifs is 1. The molecule has 3 amide bonds. The number of hydrogen-bond donors (Lipinski definition) is 0. The van der Waals surface area contributed by atoms with Crippen LogP contribution in [0, 0.1) is 5.92 Å². The lowest BCUT2D eigenvalue weighted by atomic mass is 10.0. The molecule has 5 rings (SSSR count). The van der Waals surface area contributed by atoms with Crippen LogP contribution in [0.15, 0.2) is 35.7 Å². The Morgan fingerprint density at radius 3 is 2.48 bits per heavy atom. The molecular weight excluding hydrogens is 458 g/mol. The van der Waals surface area contributed by atoms with Gasteiger partial charge in [-0.2, -0.15) is 0 Å². The lowest BCUT2D eigenvalue weighted by molar-refractivity contribution is 0.0635. The van der Waals surface area contributed by atoms with Crippen LogP contribution in [-0.2, 0) is 0 Å². The van der Waals surface area contributed by atoms with E-state index in [-0.39, 0.29) is 23.6 Å². The van der Waals surface area contributed by atoms with E-state index in [1.54, 1.807) is 45.8 Å². The summed E-state index contributed by atoms with van der Waals surface area (Å²) < 4.78 is 0. The number of amides is 3. The molecule has 0 unspecified atom stereocenters. The molecule has 10 heteroatoms. The fourth-order valence-electron chi connectivity index (χ4n) is 4.08. The zero-order valence-corrected chi connectivity index (χ0v) is 20.0. The minimum atomic E-state index is -0.319. The molecule has 33 heavy (non-hydrogen) atoms. The second-order valence-corrected chi connectivity index (χ2v) is 10.4. The minimum Gasteiger partial charge on any atom is -0.343 e. The van der Waals surface area contributed by atoms with Gasteiger partial charge in [-0.25, -0.2) is 0 Å². The summed E-state index contributed by atoms with van der Waals surface area (Å²) in [5.74, 6) is -0.549. The van der Waals surface area contributed by atoms with Gasteiger partial charge in [-0.1, -0.05) is 31.3 Å². The van der Waals surface area contributed by atoms with Gasteiger partial charge in [0.2, 0.25) is 5.13 Å². The fourth-order valence-corrected chi connectivity index (χ4v) is 5.77. The average Bonchev–Trinajstić information content (AvgIpc) is 3.56. The highest BCUT2D eigenvalue weighted by atomic mass is 32.1. The first-order chi connectivity index (χ1) is 15.9. The van der Waals surface area contributed by atoms with Gasteiger partial charge in [0, 0.05) is 38.3 Å². The number of carbonyl (C=O) groups is 3. The fraction of sp³-hybridized carbons (Fsp3) is 0.348. The maximum Gasteiger partial charge on any atom is 0.261 e. The van der Waals surface area contributed by atoms with Crippen LogP contribution in [0.3, 0.4) is 0 Å². The van der Waals surface area contributed by atoms with Crippen LogP contribution in [-0.4, -0.2) is 70.4 Å². The number of thiophene rings is 1.